The fraction of sp³-hybridized carbons (Fsp3) is 0.222. The lowest BCUT2D eigenvalue weighted by atomic mass is 10.1. The molecule has 7 nitrogen and oxygen atoms in total. The Hall–Kier alpha value is -2.78. The van der Waals surface area contributed by atoms with Gasteiger partial charge in [0.1, 0.15) is 11.6 Å². The SMILES string of the molecule is COc1cc(C)c(S(=O)(=O)NCc2nc(-c3ccccc3F)no2)cc1C. The van der Waals surface area contributed by atoms with Crippen molar-refractivity contribution in [3.05, 3.63) is 59.2 Å². The van der Waals surface area contributed by atoms with Crippen molar-refractivity contribution >= 4 is 10.0 Å². The van der Waals surface area contributed by atoms with Gasteiger partial charge in [0.15, 0.2) is 0 Å². The first-order chi connectivity index (χ1) is 12.8. The molecule has 0 aliphatic rings. The number of ether oxygens (including phenoxy) is 1. The van der Waals surface area contributed by atoms with Crippen molar-refractivity contribution in [1.29, 1.82) is 0 Å². The molecule has 1 N–H and O–H groups in total. The summed E-state index contributed by atoms with van der Waals surface area (Å²) in [5.74, 6) is 0.200. The third-order valence-electron chi connectivity index (χ3n) is 3.98. The van der Waals surface area contributed by atoms with Crippen molar-refractivity contribution in [3.8, 4) is 17.1 Å². The Morgan fingerprint density at radius 1 is 1.19 bits per heavy atom. The normalized spacial score (nSPS) is 11.6. The topological polar surface area (TPSA) is 94.3 Å². The van der Waals surface area contributed by atoms with Gasteiger partial charge in [-0.05, 0) is 49.2 Å². The highest BCUT2D eigenvalue weighted by Crippen LogP contribution is 2.25. The molecule has 0 saturated heterocycles. The number of hydrogen-bond donors (Lipinski definition) is 1. The van der Waals surface area contributed by atoms with Crippen LogP contribution in [0.25, 0.3) is 11.4 Å². The monoisotopic (exact) mass is 391 g/mol. The van der Waals surface area contributed by atoms with Crippen LogP contribution < -0.4 is 9.46 Å². The highest BCUT2D eigenvalue weighted by atomic mass is 32.2. The van der Waals surface area contributed by atoms with Crippen molar-refractivity contribution in [1.82, 2.24) is 14.9 Å². The molecule has 0 amide bonds. The number of sulfonamides is 1. The van der Waals surface area contributed by atoms with E-state index in [1.165, 1.54) is 25.3 Å². The fourth-order valence-electron chi connectivity index (χ4n) is 2.59. The molecule has 0 aliphatic carbocycles. The van der Waals surface area contributed by atoms with Crippen LogP contribution in [0.2, 0.25) is 0 Å². The maximum atomic E-state index is 13.8. The molecule has 3 rings (SSSR count). The third kappa shape index (κ3) is 3.99. The average Bonchev–Trinajstić information content (AvgIpc) is 3.11. The molecule has 0 fully saturated rings. The lowest BCUT2D eigenvalue weighted by Gasteiger charge is -2.12. The Kier molecular flexibility index (Phi) is 5.24. The second-order valence-corrected chi connectivity index (χ2v) is 7.64. The first kappa shape index (κ1) is 19.0. The fourth-order valence-corrected chi connectivity index (χ4v) is 3.87. The first-order valence-corrected chi connectivity index (χ1v) is 9.52. The van der Waals surface area contributed by atoms with Crippen molar-refractivity contribution in [2.75, 3.05) is 7.11 Å². The number of nitrogens with zero attached hydrogens (tertiary/aromatic N) is 2. The number of halogens is 1. The number of benzene rings is 2. The summed E-state index contributed by atoms with van der Waals surface area (Å²) in [6.07, 6.45) is 0. The molecule has 27 heavy (non-hydrogen) atoms. The molecule has 3 aromatic rings. The number of aryl methyl sites for hydroxylation is 2. The Labute approximate surface area is 156 Å². The molecule has 0 spiro atoms. The van der Waals surface area contributed by atoms with Crippen molar-refractivity contribution in [2.45, 2.75) is 25.3 Å². The average molecular weight is 391 g/mol. The number of hydrogen-bond acceptors (Lipinski definition) is 6. The minimum atomic E-state index is -3.81. The van der Waals surface area contributed by atoms with Crippen molar-refractivity contribution in [2.24, 2.45) is 0 Å². The number of aromatic nitrogens is 2. The molecular weight excluding hydrogens is 373 g/mol. The van der Waals surface area contributed by atoms with E-state index in [0.717, 1.165) is 0 Å². The van der Waals surface area contributed by atoms with Crippen LogP contribution in [0, 0.1) is 19.7 Å². The number of rotatable bonds is 6. The highest BCUT2D eigenvalue weighted by Gasteiger charge is 2.20. The van der Waals surface area contributed by atoms with Gasteiger partial charge in [-0.15, -0.1) is 0 Å². The summed E-state index contributed by atoms with van der Waals surface area (Å²) >= 11 is 0. The predicted octanol–water partition coefficient (Wildman–Crippen LogP) is 2.98. The molecular formula is C18H18FN3O4S. The van der Waals surface area contributed by atoms with E-state index in [9.17, 15) is 12.8 Å². The van der Waals surface area contributed by atoms with E-state index in [4.69, 9.17) is 9.26 Å². The standard InChI is InChI=1S/C18H18FN3O4S/c1-11-9-16(12(2)8-15(11)25-3)27(23,24)20-10-17-21-18(22-26-17)13-6-4-5-7-14(13)19/h4-9,20H,10H2,1-3H3. The van der Waals surface area contributed by atoms with Crippen LogP contribution in [-0.4, -0.2) is 25.7 Å². The van der Waals surface area contributed by atoms with Crippen LogP contribution in [-0.2, 0) is 16.6 Å². The molecule has 0 bridgehead atoms. The van der Waals surface area contributed by atoms with Crippen LogP contribution in [0.15, 0.2) is 45.8 Å². The zero-order valence-electron chi connectivity index (χ0n) is 15.0. The van der Waals surface area contributed by atoms with Gasteiger partial charge in [0, 0.05) is 0 Å². The van der Waals surface area contributed by atoms with E-state index in [1.54, 1.807) is 32.0 Å². The molecule has 0 saturated carbocycles. The molecule has 0 radical (unpaired) electrons. The van der Waals surface area contributed by atoms with E-state index < -0.39 is 15.8 Å². The molecule has 0 atom stereocenters. The van der Waals surface area contributed by atoms with Crippen LogP contribution in [0.5, 0.6) is 5.75 Å². The molecule has 1 heterocycles. The molecule has 0 unspecified atom stereocenters. The maximum Gasteiger partial charge on any atom is 0.242 e. The molecule has 2 aromatic carbocycles. The summed E-state index contributed by atoms with van der Waals surface area (Å²) in [6.45, 7) is 3.23. The van der Waals surface area contributed by atoms with Crippen molar-refractivity contribution < 1.29 is 22.1 Å². The lowest BCUT2D eigenvalue weighted by Crippen LogP contribution is -2.24. The van der Waals surface area contributed by atoms with E-state index in [-0.39, 0.29) is 28.7 Å². The summed E-state index contributed by atoms with van der Waals surface area (Å²) in [5, 5.41) is 3.70. The van der Waals surface area contributed by atoms with Gasteiger partial charge >= 0.3 is 0 Å². The van der Waals surface area contributed by atoms with Crippen molar-refractivity contribution in [3.63, 3.8) is 0 Å². The maximum absolute atomic E-state index is 13.8. The largest absolute Gasteiger partial charge is 0.496 e. The predicted molar refractivity (Wildman–Crippen MR) is 96.2 cm³/mol. The Morgan fingerprint density at radius 3 is 2.63 bits per heavy atom. The summed E-state index contributed by atoms with van der Waals surface area (Å²) in [5.41, 5.74) is 1.42. The second-order valence-electron chi connectivity index (χ2n) is 5.90. The van der Waals surface area contributed by atoms with Crippen LogP contribution in [0.3, 0.4) is 0 Å². The lowest BCUT2D eigenvalue weighted by molar-refractivity contribution is 0.375. The molecule has 9 heteroatoms. The number of nitrogens with one attached hydrogen (secondary N) is 1. The summed E-state index contributed by atoms with van der Waals surface area (Å²) < 4.78 is 51.6. The minimum absolute atomic E-state index is 0.0275. The zero-order valence-corrected chi connectivity index (χ0v) is 15.8. The van der Waals surface area contributed by atoms with Crippen LogP contribution in [0.4, 0.5) is 4.39 Å². The van der Waals surface area contributed by atoms with E-state index in [0.29, 0.717) is 16.9 Å². The third-order valence-corrected chi connectivity index (χ3v) is 5.52. The molecule has 142 valence electrons. The van der Waals surface area contributed by atoms with Crippen LogP contribution in [0.1, 0.15) is 17.0 Å². The van der Waals surface area contributed by atoms with Gasteiger partial charge in [-0.3, -0.25) is 0 Å². The summed E-state index contributed by atoms with van der Waals surface area (Å²) in [7, 11) is -2.28. The van der Waals surface area contributed by atoms with Gasteiger partial charge in [0.05, 0.1) is 24.1 Å². The summed E-state index contributed by atoms with van der Waals surface area (Å²) in [4.78, 5) is 4.17. The zero-order chi connectivity index (χ0) is 19.6. The van der Waals surface area contributed by atoms with Gasteiger partial charge in [-0.25, -0.2) is 17.5 Å². The quantitative estimate of drug-likeness (QED) is 0.694. The Bertz CT molecular complexity index is 1080. The van der Waals surface area contributed by atoms with Gasteiger partial charge < -0.3 is 9.26 Å². The Balaban J connectivity index is 1.79. The highest BCUT2D eigenvalue weighted by molar-refractivity contribution is 7.89. The molecule has 0 aliphatic heterocycles. The van der Waals surface area contributed by atoms with E-state index in [2.05, 4.69) is 14.9 Å². The minimum Gasteiger partial charge on any atom is -0.496 e. The van der Waals surface area contributed by atoms with E-state index in [1.807, 2.05) is 0 Å². The summed E-state index contributed by atoms with van der Waals surface area (Å²) in [6, 6.07) is 9.18. The van der Waals surface area contributed by atoms with E-state index >= 15 is 0 Å². The number of methoxy groups -OCH3 is 1. The van der Waals surface area contributed by atoms with Crippen LogP contribution >= 0.6 is 0 Å². The Morgan fingerprint density at radius 2 is 1.93 bits per heavy atom. The van der Waals surface area contributed by atoms with Gasteiger partial charge in [-0.1, -0.05) is 17.3 Å². The molecule has 1 aromatic heterocycles. The van der Waals surface area contributed by atoms with Gasteiger partial charge in [-0.2, -0.15) is 4.98 Å². The second kappa shape index (κ2) is 7.45. The van der Waals surface area contributed by atoms with Gasteiger partial charge in [0.25, 0.3) is 0 Å². The smallest absolute Gasteiger partial charge is 0.242 e. The van der Waals surface area contributed by atoms with Gasteiger partial charge in [0.2, 0.25) is 21.7 Å². The first-order valence-electron chi connectivity index (χ1n) is 8.04.